The Morgan fingerprint density at radius 2 is 2.22 bits per heavy atom. The van der Waals surface area contributed by atoms with Gasteiger partial charge in [0.2, 0.25) is 0 Å². The molecule has 18 heavy (non-hydrogen) atoms. The quantitative estimate of drug-likeness (QED) is 0.791. The van der Waals surface area contributed by atoms with E-state index in [0.717, 1.165) is 29.8 Å². The summed E-state index contributed by atoms with van der Waals surface area (Å²) in [5, 5.41) is 3.64. The number of hydrogen-bond acceptors (Lipinski definition) is 1. The highest BCUT2D eigenvalue weighted by Gasteiger charge is 2.30. The highest BCUT2D eigenvalue weighted by molar-refractivity contribution is 9.10. The zero-order valence-electron chi connectivity index (χ0n) is 10.9. The monoisotopic (exact) mass is 313 g/mol. The van der Waals surface area contributed by atoms with E-state index in [1.54, 1.807) is 12.1 Å². The topological polar surface area (TPSA) is 12.0 Å². The number of aryl methyl sites for hydroxylation is 1. The Labute approximate surface area is 117 Å². The molecule has 1 saturated carbocycles. The Bertz CT molecular complexity index is 390. The van der Waals surface area contributed by atoms with Crippen molar-refractivity contribution in [2.45, 2.75) is 45.1 Å². The van der Waals surface area contributed by atoms with Crippen LogP contribution in [0.5, 0.6) is 0 Å². The lowest BCUT2D eigenvalue weighted by atomic mass is 10.0. The van der Waals surface area contributed by atoms with E-state index in [0.29, 0.717) is 6.04 Å². The van der Waals surface area contributed by atoms with Gasteiger partial charge in [-0.1, -0.05) is 28.9 Å². The normalized spacial score (nSPS) is 16.8. The maximum atomic E-state index is 13.0. The number of rotatable bonds is 7. The van der Waals surface area contributed by atoms with Gasteiger partial charge in [-0.15, -0.1) is 0 Å². The van der Waals surface area contributed by atoms with E-state index in [4.69, 9.17) is 0 Å². The van der Waals surface area contributed by atoms with Gasteiger partial charge < -0.3 is 5.32 Å². The average molecular weight is 314 g/mol. The Balaban J connectivity index is 1.88. The standard InChI is InChI=1S/C15H21BrFN/c1-2-9-18-15(12-3-4-12)8-6-11-5-7-13(17)10-14(11)16/h5,7,10,12,15,18H,2-4,6,8-9H2,1H3. The third kappa shape index (κ3) is 4.06. The first-order valence-electron chi connectivity index (χ1n) is 6.88. The second kappa shape index (κ2) is 6.67. The van der Waals surface area contributed by atoms with Crippen molar-refractivity contribution < 1.29 is 4.39 Å². The second-order valence-corrected chi connectivity index (χ2v) is 6.03. The molecular formula is C15H21BrFN. The molecular weight excluding hydrogens is 293 g/mol. The molecule has 1 aromatic rings. The van der Waals surface area contributed by atoms with Crippen LogP contribution in [0, 0.1) is 11.7 Å². The molecule has 1 unspecified atom stereocenters. The SMILES string of the molecule is CCCNC(CCc1ccc(F)cc1Br)C1CC1. The van der Waals surface area contributed by atoms with Crippen LogP contribution in [-0.2, 0) is 6.42 Å². The van der Waals surface area contributed by atoms with Crippen molar-refractivity contribution in [3.05, 3.63) is 34.1 Å². The van der Waals surface area contributed by atoms with Gasteiger partial charge in [0.1, 0.15) is 5.82 Å². The van der Waals surface area contributed by atoms with E-state index in [9.17, 15) is 4.39 Å². The van der Waals surface area contributed by atoms with Crippen LogP contribution in [0.15, 0.2) is 22.7 Å². The van der Waals surface area contributed by atoms with E-state index in [1.807, 2.05) is 6.07 Å². The van der Waals surface area contributed by atoms with Crippen molar-refractivity contribution >= 4 is 15.9 Å². The zero-order chi connectivity index (χ0) is 13.0. The van der Waals surface area contributed by atoms with Gasteiger partial charge in [-0.2, -0.15) is 0 Å². The summed E-state index contributed by atoms with van der Waals surface area (Å²) in [6.45, 7) is 3.30. The summed E-state index contributed by atoms with van der Waals surface area (Å²) in [6, 6.07) is 5.64. The average Bonchev–Trinajstić information content (AvgIpc) is 3.15. The van der Waals surface area contributed by atoms with Crippen LogP contribution in [0.25, 0.3) is 0 Å². The van der Waals surface area contributed by atoms with Gasteiger partial charge in [-0.3, -0.25) is 0 Å². The molecule has 1 nitrogen and oxygen atoms in total. The first kappa shape index (κ1) is 14.0. The van der Waals surface area contributed by atoms with Gasteiger partial charge >= 0.3 is 0 Å². The molecule has 100 valence electrons. The third-order valence-corrected chi connectivity index (χ3v) is 4.33. The van der Waals surface area contributed by atoms with E-state index < -0.39 is 0 Å². The van der Waals surface area contributed by atoms with Crippen LogP contribution in [0.2, 0.25) is 0 Å². The Hall–Kier alpha value is -0.410. The van der Waals surface area contributed by atoms with Crippen LogP contribution < -0.4 is 5.32 Å². The molecule has 0 bridgehead atoms. The summed E-state index contributed by atoms with van der Waals surface area (Å²) < 4.78 is 13.9. The summed E-state index contributed by atoms with van der Waals surface area (Å²) in [6.07, 6.45) is 6.08. The number of halogens is 2. The molecule has 3 heteroatoms. The number of nitrogens with one attached hydrogen (secondary N) is 1. The molecule has 2 rings (SSSR count). The van der Waals surface area contributed by atoms with Gasteiger partial charge in [0.05, 0.1) is 0 Å². The van der Waals surface area contributed by atoms with E-state index in [1.165, 1.54) is 24.8 Å². The predicted octanol–water partition coefficient (Wildman–Crippen LogP) is 4.30. The maximum absolute atomic E-state index is 13.0. The first-order valence-corrected chi connectivity index (χ1v) is 7.67. The largest absolute Gasteiger partial charge is 0.314 e. The summed E-state index contributed by atoms with van der Waals surface area (Å²) in [5.74, 6) is 0.698. The van der Waals surface area contributed by atoms with Crippen molar-refractivity contribution in [2.75, 3.05) is 6.54 Å². The summed E-state index contributed by atoms with van der Waals surface area (Å²) in [4.78, 5) is 0. The summed E-state index contributed by atoms with van der Waals surface area (Å²) in [5.41, 5.74) is 1.21. The van der Waals surface area contributed by atoms with E-state index in [2.05, 4.69) is 28.2 Å². The lowest BCUT2D eigenvalue weighted by Crippen LogP contribution is -2.32. The number of benzene rings is 1. The molecule has 1 aromatic carbocycles. The molecule has 1 N–H and O–H groups in total. The molecule has 0 spiro atoms. The van der Waals surface area contributed by atoms with Crippen molar-refractivity contribution in [2.24, 2.45) is 5.92 Å². The lowest BCUT2D eigenvalue weighted by molar-refractivity contribution is 0.435. The molecule has 0 radical (unpaired) electrons. The Morgan fingerprint density at radius 3 is 2.83 bits per heavy atom. The second-order valence-electron chi connectivity index (χ2n) is 5.17. The molecule has 0 heterocycles. The van der Waals surface area contributed by atoms with Crippen LogP contribution in [0.3, 0.4) is 0 Å². The maximum Gasteiger partial charge on any atom is 0.124 e. The van der Waals surface area contributed by atoms with Gasteiger partial charge in [-0.25, -0.2) is 4.39 Å². The van der Waals surface area contributed by atoms with Crippen LogP contribution in [-0.4, -0.2) is 12.6 Å². The number of hydrogen-bond donors (Lipinski definition) is 1. The van der Waals surface area contributed by atoms with Crippen molar-refractivity contribution in [3.63, 3.8) is 0 Å². The highest BCUT2D eigenvalue weighted by Crippen LogP contribution is 2.35. The zero-order valence-corrected chi connectivity index (χ0v) is 12.5. The smallest absolute Gasteiger partial charge is 0.124 e. The minimum absolute atomic E-state index is 0.173. The molecule has 0 aliphatic heterocycles. The predicted molar refractivity (Wildman–Crippen MR) is 77.2 cm³/mol. The fourth-order valence-electron chi connectivity index (χ4n) is 2.37. The van der Waals surface area contributed by atoms with Crippen LogP contribution >= 0.6 is 15.9 Å². The van der Waals surface area contributed by atoms with Gasteiger partial charge in [0, 0.05) is 10.5 Å². The molecule has 0 amide bonds. The fraction of sp³-hybridized carbons (Fsp3) is 0.600. The fourth-order valence-corrected chi connectivity index (χ4v) is 2.92. The summed E-state index contributed by atoms with van der Waals surface area (Å²) >= 11 is 3.44. The lowest BCUT2D eigenvalue weighted by Gasteiger charge is -2.18. The molecule has 1 fully saturated rings. The molecule has 1 aliphatic rings. The molecule has 0 saturated heterocycles. The van der Waals surface area contributed by atoms with Gasteiger partial charge in [0.25, 0.3) is 0 Å². The Kier molecular flexibility index (Phi) is 5.19. The van der Waals surface area contributed by atoms with Crippen molar-refractivity contribution in [1.29, 1.82) is 0 Å². The van der Waals surface area contributed by atoms with Crippen molar-refractivity contribution in [1.82, 2.24) is 5.32 Å². The minimum Gasteiger partial charge on any atom is -0.314 e. The highest BCUT2D eigenvalue weighted by atomic mass is 79.9. The third-order valence-electron chi connectivity index (χ3n) is 3.59. The van der Waals surface area contributed by atoms with E-state index >= 15 is 0 Å². The van der Waals surface area contributed by atoms with Crippen LogP contribution in [0.1, 0.15) is 38.2 Å². The summed E-state index contributed by atoms with van der Waals surface area (Å²) in [7, 11) is 0. The Morgan fingerprint density at radius 1 is 1.44 bits per heavy atom. The molecule has 1 aliphatic carbocycles. The van der Waals surface area contributed by atoms with Gasteiger partial charge in [-0.05, 0) is 62.3 Å². The van der Waals surface area contributed by atoms with Crippen LogP contribution in [0.4, 0.5) is 4.39 Å². The molecule has 0 aromatic heterocycles. The van der Waals surface area contributed by atoms with Crippen molar-refractivity contribution in [3.8, 4) is 0 Å². The van der Waals surface area contributed by atoms with Gasteiger partial charge in [0.15, 0.2) is 0 Å². The molecule has 1 atom stereocenters. The minimum atomic E-state index is -0.173. The van der Waals surface area contributed by atoms with E-state index in [-0.39, 0.29) is 5.82 Å². The first-order chi connectivity index (χ1) is 8.70.